The van der Waals surface area contributed by atoms with Crippen LogP contribution in [0, 0.1) is 0 Å². The van der Waals surface area contributed by atoms with E-state index in [0.717, 1.165) is 26.1 Å². The van der Waals surface area contributed by atoms with E-state index in [1.54, 1.807) is 36.4 Å². The van der Waals surface area contributed by atoms with Gasteiger partial charge in [-0.2, -0.15) is 0 Å². The summed E-state index contributed by atoms with van der Waals surface area (Å²) in [5.74, 6) is -0.274. The summed E-state index contributed by atoms with van der Waals surface area (Å²) in [7, 11) is 0. The maximum Gasteiger partial charge on any atom is 0.255 e. The van der Waals surface area contributed by atoms with Crippen LogP contribution >= 0.6 is 0 Å². The number of ether oxygens (including phenoxy) is 1. The zero-order chi connectivity index (χ0) is 20.6. The fourth-order valence-corrected chi connectivity index (χ4v) is 3.57. The number of morpholine rings is 1. The summed E-state index contributed by atoms with van der Waals surface area (Å²) in [5.41, 5.74) is 1.83. The molecule has 1 fully saturated rings. The standard InChI is InChI=1S/C23H29N3O3/c1-17-15-26(16-18(2)29-17)14-6-13-24-22(27)20-9-11-21(12-10-20)25-23(28)19-7-4-3-5-8-19/h3-5,7-12,17-18H,6,13-16H2,1-2H3,(H,24,27)(H,25,28)/t17-,18-/m0/s1. The van der Waals surface area contributed by atoms with Crippen LogP contribution in [-0.4, -0.2) is 55.1 Å². The Kier molecular flexibility index (Phi) is 7.38. The first kappa shape index (κ1) is 21.0. The van der Waals surface area contributed by atoms with Crippen molar-refractivity contribution in [3.05, 3.63) is 65.7 Å². The summed E-state index contributed by atoms with van der Waals surface area (Å²) >= 11 is 0. The van der Waals surface area contributed by atoms with Crippen molar-refractivity contribution in [2.75, 3.05) is 31.5 Å². The molecule has 0 bridgehead atoms. The largest absolute Gasteiger partial charge is 0.373 e. The Bertz CT molecular complexity index is 798. The van der Waals surface area contributed by atoms with E-state index in [2.05, 4.69) is 29.4 Å². The normalized spacial score (nSPS) is 19.5. The number of anilines is 1. The van der Waals surface area contributed by atoms with Gasteiger partial charge in [-0.3, -0.25) is 14.5 Å². The summed E-state index contributed by atoms with van der Waals surface area (Å²) < 4.78 is 5.74. The summed E-state index contributed by atoms with van der Waals surface area (Å²) in [6.45, 7) is 7.64. The number of amides is 2. The van der Waals surface area contributed by atoms with E-state index >= 15 is 0 Å². The number of carbonyl (C=O) groups excluding carboxylic acids is 2. The van der Waals surface area contributed by atoms with Crippen molar-refractivity contribution in [3.8, 4) is 0 Å². The highest BCUT2D eigenvalue weighted by atomic mass is 16.5. The minimum absolute atomic E-state index is 0.102. The average Bonchev–Trinajstić information content (AvgIpc) is 2.71. The molecule has 29 heavy (non-hydrogen) atoms. The Balaban J connectivity index is 1.41. The quantitative estimate of drug-likeness (QED) is 0.707. The third-order valence-electron chi connectivity index (χ3n) is 4.87. The van der Waals surface area contributed by atoms with Crippen LogP contribution in [0.5, 0.6) is 0 Å². The first-order chi connectivity index (χ1) is 14.0. The van der Waals surface area contributed by atoms with Crippen molar-refractivity contribution < 1.29 is 14.3 Å². The van der Waals surface area contributed by atoms with Crippen molar-refractivity contribution >= 4 is 17.5 Å². The van der Waals surface area contributed by atoms with Crippen LogP contribution in [0.4, 0.5) is 5.69 Å². The van der Waals surface area contributed by atoms with Gasteiger partial charge in [0.15, 0.2) is 0 Å². The molecule has 1 aliphatic rings. The maximum atomic E-state index is 12.3. The Morgan fingerprint density at radius 3 is 2.21 bits per heavy atom. The molecule has 2 atom stereocenters. The summed E-state index contributed by atoms with van der Waals surface area (Å²) in [5, 5.41) is 5.80. The molecule has 2 aromatic carbocycles. The van der Waals surface area contributed by atoms with Gasteiger partial charge >= 0.3 is 0 Å². The van der Waals surface area contributed by atoms with Crippen molar-refractivity contribution in [2.24, 2.45) is 0 Å². The number of benzene rings is 2. The molecule has 1 saturated heterocycles. The molecule has 0 radical (unpaired) electrons. The lowest BCUT2D eigenvalue weighted by atomic mass is 10.1. The second kappa shape index (κ2) is 10.2. The third-order valence-corrected chi connectivity index (χ3v) is 4.87. The molecule has 6 heteroatoms. The SMILES string of the molecule is C[C@H]1CN(CCCNC(=O)c2ccc(NC(=O)c3ccccc3)cc2)C[C@H](C)O1. The molecular weight excluding hydrogens is 366 g/mol. The zero-order valence-corrected chi connectivity index (χ0v) is 17.1. The van der Waals surface area contributed by atoms with Crippen molar-refractivity contribution in [1.29, 1.82) is 0 Å². The Labute approximate surface area is 172 Å². The van der Waals surface area contributed by atoms with Crippen molar-refractivity contribution in [2.45, 2.75) is 32.5 Å². The monoisotopic (exact) mass is 395 g/mol. The van der Waals surface area contributed by atoms with E-state index in [0.29, 0.717) is 23.4 Å². The number of nitrogens with zero attached hydrogens (tertiary/aromatic N) is 1. The van der Waals surface area contributed by atoms with Gasteiger partial charge in [0.05, 0.1) is 12.2 Å². The Morgan fingerprint density at radius 2 is 1.55 bits per heavy atom. The summed E-state index contributed by atoms with van der Waals surface area (Å²) in [4.78, 5) is 26.9. The Hall–Kier alpha value is -2.70. The fraction of sp³-hybridized carbons (Fsp3) is 0.391. The molecule has 0 aliphatic carbocycles. The first-order valence-corrected chi connectivity index (χ1v) is 10.1. The van der Waals surface area contributed by atoms with E-state index in [4.69, 9.17) is 4.74 Å². The lowest BCUT2D eigenvalue weighted by Crippen LogP contribution is -2.46. The number of nitrogens with one attached hydrogen (secondary N) is 2. The van der Waals surface area contributed by atoms with Gasteiger partial charge in [-0.1, -0.05) is 18.2 Å². The second-order valence-corrected chi connectivity index (χ2v) is 7.52. The predicted octanol–water partition coefficient (Wildman–Crippen LogP) is 3.17. The van der Waals surface area contributed by atoms with Gasteiger partial charge in [-0.05, 0) is 56.7 Å². The highest BCUT2D eigenvalue weighted by Crippen LogP contribution is 2.12. The van der Waals surface area contributed by atoms with Crippen LogP contribution in [0.25, 0.3) is 0 Å². The van der Waals surface area contributed by atoms with Crippen LogP contribution < -0.4 is 10.6 Å². The van der Waals surface area contributed by atoms with E-state index in [9.17, 15) is 9.59 Å². The van der Waals surface area contributed by atoms with Gasteiger partial charge in [0.1, 0.15) is 0 Å². The number of rotatable bonds is 7. The molecular formula is C23H29N3O3. The molecule has 0 saturated carbocycles. The molecule has 2 aromatic rings. The van der Waals surface area contributed by atoms with Crippen LogP contribution in [0.15, 0.2) is 54.6 Å². The fourth-order valence-electron chi connectivity index (χ4n) is 3.57. The summed E-state index contributed by atoms with van der Waals surface area (Å²) in [6.07, 6.45) is 1.42. The van der Waals surface area contributed by atoms with Crippen LogP contribution in [0.3, 0.4) is 0 Å². The molecule has 2 amide bonds. The third kappa shape index (κ3) is 6.41. The molecule has 1 heterocycles. The van der Waals surface area contributed by atoms with Gasteiger partial charge in [0.25, 0.3) is 11.8 Å². The van der Waals surface area contributed by atoms with Gasteiger partial charge in [-0.15, -0.1) is 0 Å². The number of carbonyl (C=O) groups is 2. The van der Waals surface area contributed by atoms with Gasteiger partial charge < -0.3 is 15.4 Å². The summed E-state index contributed by atoms with van der Waals surface area (Å²) in [6, 6.07) is 16.0. The van der Waals surface area contributed by atoms with Crippen LogP contribution in [0.1, 0.15) is 41.0 Å². The molecule has 6 nitrogen and oxygen atoms in total. The van der Waals surface area contributed by atoms with E-state index in [1.165, 1.54) is 0 Å². The lowest BCUT2D eigenvalue weighted by Gasteiger charge is -2.35. The van der Waals surface area contributed by atoms with Crippen molar-refractivity contribution in [1.82, 2.24) is 10.2 Å². The average molecular weight is 396 g/mol. The highest BCUT2D eigenvalue weighted by Gasteiger charge is 2.21. The van der Waals surface area contributed by atoms with E-state index < -0.39 is 0 Å². The van der Waals surface area contributed by atoms with Crippen LogP contribution in [-0.2, 0) is 4.74 Å². The molecule has 0 aromatic heterocycles. The van der Waals surface area contributed by atoms with Gasteiger partial charge in [0.2, 0.25) is 0 Å². The first-order valence-electron chi connectivity index (χ1n) is 10.1. The predicted molar refractivity (Wildman–Crippen MR) is 114 cm³/mol. The molecule has 0 spiro atoms. The second-order valence-electron chi connectivity index (χ2n) is 7.52. The maximum absolute atomic E-state index is 12.3. The molecule has 2 N–H and O–H groups in total. The topological polar surface area (TPSA) is 70.7 Å². The zero-order valence-electron chi connectivity index (χ0n) is 17.1. The highest BCUT2D eigenvalue weighted by molar-refractivity contribution is 6.04. The van der Waals surface area contributed by atoms with Gasteiger partial charge in [0, 0.05) is 43.0 Å². The molecule has 3 rings (SSSR count). The van der Waals surface area contributed by atoms with Crippen LogP contribution in [0.2, 0.25) is 0 Å². The number of hydrogen-bond acceptors (Lipinski definition) is 4. The minimum Gasteiger partial charge on any atom is -0.373 e. The number of hydrogen-bond donors (Lipinski definition) is 2. The van der Waals surface area contributed by atoms with Gasteiger partial charge in [-0.25, -0.2) is 0 Å². The minimum atomic E-state index is -0.172. The molecule has 0 unspecified atom stereocenters. The van der Waals surface area contributed by atoms with E-state index in [1.807, 2.05) is 18.2 Å². The smallest absolute Gasteiger partial charge is 0.255 e. The Morgan fingerprint density at radius 1 is 0.931 bits per heavy atom. The molecule has 1 aliphatic heterocycles. The van der Waals surface area contributed by atoms with Crippen molar-refractivity contribution in [3.63, 3.8) is 0 Å². The molecule has 154 valence electrons. The lowest BCUT2D eigenvalue weighted by molar-refractivity contribution is -0.0680. The van der Waals surface area contributed by atoms with E-state index in [-0.39, 0.29) is 24.0 Å².